The van der Waals surface area contributed by atoms with Crippen molar-refractivity contribution in [2.45, 2.75) is 6.92 Å². The molecule has 3 heteroatoms. The predicted molar refractivity (Wildman–Crippen MR) is 82.8 cm³/mol. The molecule has 3 rings (SSSR count). The molecule has 0 bridgehead atoms. The zero-order valence-corrected chi connectivity index (χ0v) is 11.7. The number of hydrogen-bond donors (Lipinski definition) is 0. The molecule has 0 radical (unpaired) electrons. The molecule has 1 aromatic heterocycles. The van der Waals surface area contributed by atoms with Crippen LogP contribution in [0.3, 0.4) is 0 Å². The highest BCUT2D eigenvalue weighted by Gasteiger charge is 2.13. The lowest BCUT2D eigenvalue weighted by Gasteiger charge is -2.07. The Hall–Kier alpha value is -2.68. The number of fused-ring (bicyclic) bond motifs is 1. The second-order valence-corrected chi connectivity index (χ2v) is 4.70. The van der Waals surface area contributed by atoms with Crippen LogP contribution in [0.2, 0.25) is 0 Å². The number of ketones is 1. The van der Waals surface area contributed by atoms with E-state index in [-0.39, 0.29) is 5.78 Å². The second-order valence-electron chi connectivity index (χ2n) is 4.70. The van der Waals surface area contributed by atoms with Crippen LogP contribution in [0.5, 0.6) is 5.75 Å². The van der Waals surface area contributed by atoms with Crippen molar-refractivity contribution in [3.63, 3.8) is 0 Å². The van der Waals surface area contributed by atoms with E-state index in [0.29, 0.717) is 23.5 Å². The number of benzene rings is 2. The maximum Gasteiger partial charge on any atom is 0.195 e. The molecule has 0 fully saturated rings. The fourth-order valence-electron chi connectivity index (χ4n) is 2.35. The number of hydrogen-bond acceptors (Lipinski definition) is 3. The summed E-state index contributed by atoms with van der Waals surface area (Å²) in [6.07, 6.45) is 3.39. The quantitative estimate of drug-likeness (QED) is 0.680. The number of rotatable bonds is 4. The van der Waals surface area contributed by atoms with Crippen molar-refractivity contribution in [1.82, 2.24) is 4.98 Å². The highest BCUT2D eigenvalue weighted by Crippen LogP contribution is 2.22. The lowest BCUT2D eigenvalue weighted by molar-refractivity contribution is 0.103. The van der Waals surface area contributed by atoms with Gasteiger partial charge in [0.25, 0.3) is 0 Å². The molecular weight excluding hydrogens is 262 g/mol. The van der Waals surface area contributed by atoms with Gasteiger partial charge >= 0.3 is 0 Å². The van der Waals surface area contributed by atoms with Gasteiger partial charge in [0.1, 0.15) is 5.75 Å². The minimum atomic E-state index is -0.0409. The lowest BCUT2D eigenvalue weighted by Crippen LogP contribution is -2.03. The normalized spacial score (nSPS) is 10.5. The summed E-state index contributed by atoms with van der Waals surface area (Å²) < 4.78 is 5.45. The van der Waals surface area contributed by atoms with Crippen molar-refractivity contribution in [3.05, 3.63) is 72.1 Å². The molecule has 3 nitrogen and oxygen atoms in total. The van der Waals surface area contributed by atoms with Gasteiger partial charge in [-0.1, -0.05) is 36.4 Å². The molecule has 0 N–H and O–H groups in total. The summed E-state index contributed by atoms with van der Waals surface area (Å²) in [5.74, 6) is 0.664. The molecule has 0 unspecified atom stereocenters. The van der Waals surface area contributed by atoms with Gasteiger partial charge in [-0.2, -0.15) is 0 Å². The molecule has 3 aromatic rings. The number of aromatic nitrogens is 1. The van der Waals surface area contributed by atoms with E-state index in [1.807, 2.05) is 43.3 Å². The molecule has 104 valence electrons. The van der Waals surface area contributed by atoms with E-state index in [1.165, 1.54) is 0 Å². The Morgan fingerprint density at radius 3 is 2.81 bits per heavy atom. The van der Waals surface area contributed by atoms with Gasteiger partial charge in [-0.15, -0.1) is 0 Å². The van der Waals surface area contributed by atoms with Crippen molar-refractivity contribution in [2.75, 3.05) is 6.61 Å². The van der Waals surface area contributed by atoms with Crippen LogP contribution < -0.4 is 4.74 Å². The number of ether oxygens (including phenoxy) is 1. The fourth-order valence-corrected chi connectivity index (χ4v) is 2.35. The molecule has 0 atom stereocenters. The number of carbonyl (C=O) groups excluding carboxylic acids is 1. The van der Waals surface area contributed by atoms with Gasteiger partial charge < -0.3 is 4.74 Å². The summed E-state index contributed by atoms with van der Waals surface area (Å²) >= 11 is 0. The van der Waals surface area contributed by atoms with Crippen LogP contribution >= 0.6 is 0 Å². The maximum absolute atomic E-state index is 12.7. The predicted octanol–water partition coefficient (Wildman–Crippen LogP) is 3.86. The minimum Gasteiger partial charge on any atom is -0.494 e. The third-order valence-electron chi connectivity index (χ3n) is 3.32. The first-order chi connectivity index (χ1) is 10.3. The van der Waals surface area contributed by atoms with E-state index in [0.717, 1.165) is 10.8 Å². The summed E-state index contributed by atoms with van der Waals surface area (Å²) in [5.41, 5.74) is 1.22. The van der Waals surface area contributed by atoms with Crippen molar-refractivity contribution < 1.29 is 9.53 Å². The molecule has 21 heavy (non-hydrogen) atoms. The van der Waals surface area contributed by atoms with Crippen LogP contribution in [0.1, 0.15) is 22.8 Å². The van der Waals surface area contributed by atoms with Crippen molar-refractivity contribution >= 4 is 16.6 Å². The molecule has 0 aliphatic rings. The maximum atomic E-state index is 12.7. The van der Waals surface area contributed by atoms with E-state index in [9.17, 15) is 4.79 Å². The molecule has 0 saturated carbocycles. The van der Waals surface area contributed by atoms with Crippen molar-refractivity contribution in [2.24, 2.45) is 0 Å². The Morgan fingerprint density at radius 1 is 1.10 bits per heavy atom. The summed E-state index contributed by atoms with van der Waals surface area (Å²) in [4.78, 5) is 16.9. The van der Waals surface area contributed by atoms with E-state index >= 15 is 0 Å². The average molecular weight is 277 g/mol. The van der Waals surface area contributed by atoms with Crippen molar-refractivity contribution in [3.8, 4) is 5.75 Å². The highest BCUT2D eigenvalue weighted by molar-refractivity contribution is 6.16. The monoisotopic (exact) mass is 277 g/mol. The van der Waals surface area contributed by atoms with Gasteiger partial charge in [-0.05, 0) is 24.4 Å². The van der Waals surface area contributed by atoms with Gasteiger partial charge in [0.15, 0.2) is 5.78 Å². The summed E-state index contributed by atoms with van der Waals surface area (Å²) in [6, 6.07) is 15.0. The molecule has 0 spiro atoms. The molecule has 0 aliphatic carbocycles. The average Bonchev–Trinajstić information content (AvgIpc) is 2.54. The Balaban J connectivity index is 2.06. The third-order valence-corrected chi connectivity index (χ3v) is 3.32. The molecule has 0 amide bonds. The number of nitrogens with zero attached hydrogens (tertiary/aromatic N) is 1. The van der Waals surface area contributed by atoms with Gasteiger partial charge in [-0.25, -0.2) is 0 Å². The SMILES string of the molecule is CCOc1cccc(C(=O)c2cncc3ccccc23)c1. The zero-order valence-electron chi connectivity index (χ0n) is 11.7. The Labute approximate surface area is 123 Å². The molecule has 0 saturated heterocycles. The van der Waals surface area contributed by atoms with Crippen molar-refractivity contribution in [1.29, 1.82) is 0 Å². The Kier molecular flexibility index (Phi) is 3.65. The fraction of sp³-hybridized carbons (Fsp3) is 0.111. The molecular formula is C18H15NO2. The second kappa shape index (κ2) is 5.75. The number of pyridine rings is 1. The van der Waals surface area contributed by atoms with Crippen LogP contribution in [-0.2, 0) is 0 Å². The molecule has 1 heterocycles. The first-order valence-electron chi connectivity index (χ1n) is 6.90. The molecule has 0 aliphatic heterocycles. The van der Waals surface area contributed by atoms with E-state index in [4.69, 9.17) is 4.74 Å². The summed E-state index contributed by atoms with van der Waals surface area (Å²) in [6.45, 7) is 2.50. The van der Waals surface area contributed by atoms with Crippen LogP contribution in [-0.4, -0.2) is 17.4 Å². The minimum absolute atomic E-state index is 0.0409. The zero-order chi connectivity index (χ0) is 14.7. The summed E-state index contributed by atoms with van der Waals surface area (Å²) in [5, 5.41) is 1.88. The lowest BCUT2D eigenvalue weighted by atomic mass is 9.99. The van der Waals surface area contributed by atoms with E-state index in [2.05, 4.69) is 4.98 Å². The largest absolute Gasteiger partial charge is 0.494 e. The van der Waals surface area contributed by atoms with Crippen LogP contribution in [0.4, 0.5) is 0 Å². The van der Waals surface area contributed by atoms with Gasteiger partial charge in [-0.3, -0.25) is 9.78 Å². The highest BCUT2D eigenvalue weighted by atomic mass is 16.5. The van der Waals surface area contributed by atoms with E-state index < -0.39 is 0 Å². The topological polar surface area (TPSA) is 39.2 Å². The third kappa shape index (κ3) is 2.63. The van der Waals surface area contributed by atoms with Crippen LogP contribution in [0, 0.1) is 0 Å². The summed E-state index contributed by atoms with van der Waals surface area (Å²) in [7, 11) is 0. The van der Waals surface area contributed by atoms with Crippen LogP contribution in [0.15, 0.2) is 60.9 Å². The number of carbonyl (C=O) groups is 1. The Bertz CT molecular complexity index is 791. The van der Waals surface area contributed by atoms with Crippen LogP contribution in [0.25, 0.3) is 10.8 Å². The first-order valence-corrected chi connectivity index (χ1v) is 6.90. The smallest absolute Gasteiger partial charge is 0.195 e. The first kappa shape index (κ1) is 13.3. The van der Waals surface area contributed by atoms with Gasteiger partial charge in [0, 0.05) is 28.9 Å². The standard InChI is InChI=1S/C18H15NO2/c1-2-21-15-8-5-7-13(10-15)18(20)17-12-19-11-14-6-3-4-9-16(14)17/h3-12H,2H2,1H3. The van der Waals surface area contributed by atoms with Gasteiger partial charge in [0.05, 0.1) is 6.61 Å². The van der Waals surface area contributed by atoms with E-state index in [1.54, 1.807) is 24.5 Å². The Morgan fingerprint density at radius 2 is 1.95 bits per heavy atom. The molecule has 2 aromatic carbocycles. The van der Waals surface area contributed by atoms with Gasteiger partial charge in [0.2, 0.25) is 0 Å².